The lowest BCUT2D eigenvalue weighted by molar-refractivity contribution is 0.183. The lowest BCUT2D eigenvalue weighted by atomic mass is 10.1. The molecule has 3 heterocycles. The molecule has 1 aliphatic rings. The highest BCUT2D eigenvalue weighted by molar-refractivity contribution is 5.60. The quantitative estimate of drug-likeness (QED) is 0.726. The van der Waals surface area contributed by atoms with Crippen LogP contribution in [0.5, 0.6) is 5.75 Å². The second kappa shape index (κ2) is 7.77. The average molecular weight is 379 g/mol. The molecule has 1 fully saturated rings. The number of nitrogens with one attached hydrogen (secondary N) is 1. The molecule has 0 saturated carbocycles. The Morgan fingerprint density at radius 1 is 1.21 bits per heavy atom. The Morgan fingerprint density at radius 3 is 2.93 bits per heavy atom. The van der Waals surface area contributed by atoms with Crippen LogP contribution in [0.3, 0.4) is 0 Å². The van der Waals surface area contributed by atoms with Crippen LogP contribution >= 0.6 is 0 Å². The van der Waals surface area contributed by atoms with E-state index in [1.807, 2.05) is 31.2 Å². The molecule has 1 N–H and O–H groups in total. The van der Waals surface area contributed by atoms with Crippen molar-refractivity contribution < 1.29 is 9.47 Å². The van der Waals surface area contributed by atoms with E-state index < -0.39 is 0 Å². The summed E-state index contributed by atoms with van der Waals surface area (Å²) in [6, 6.07) is 12.3. The SMILES string of the molecule is COc1cccc(-c2ccc(=O)n(C3COCC3Nc3ccnc(C)n3)n2)c1. The molecule has 1 aliphatic heterocycles. The topological polar surface area (TPSA) is 91.2 Å². The lowest BCUT2D eigenvalue weighted by Gasteiger charge is -2.21. The van der Waals surface area contributed by atoms with E-state index in [4.69, 9.17) is 9.47 Å². The van der Waals surface area contributed by atoms with Crippen LogP contribution in [0.25, 0.3) is 11.3 Å². The Kier molecular flexibility index (Phi) is 5.03. The number of hydrogen-bond donors (Lipinski definition) is 1. The van der Waals surface area contributed by atoms with E-state index in [1.54, 1.807) is 25.4 Å². The Balaban J connectivity index is 1.64. The van der Waals surface area contributed by atoms with Gasteiger partial charge in [-0.2, -0.15) is 5.10 Å². The van der Waals surface area contributed by atoms with Crippen LogP contribution in [0, 0.1) is 6.92 Å². The zero-order valence-corrected chi connectivity index (χ0v) is 15.7. The number of anilines is 1. The molecular formula is C20H21N5O3. The molecule has 2 aromatic heterocycles. The van der Waals surface area contributed by atoms with Crippen molar-refractivity contribution in [3.05, 3.63) is 64.8 Å². The number of ether oxygens (including phenoxy) is 2. The van der Waals surface area contributed by atoms with Gasteiger partial charge in [0.05, 0.1) is 32.1 Å². The minimum absolute atomic E-state index is 0.125. The summed E-state index contributed by atoms with van der Waals surface area (Å²) in [4.78, 5) is 21.0. The van der Waals surface area contributed by atoms with Crippen molar-refractivity contribution in [2.24, 2.45) is 0 Å². The van der Waals surface area contributed by atoms with Gasteiger partial charge in [-0.3, -0.25) is 4.79 Å². The van der Waals surface area contributed by atoms with Gasteiger partial charge in [-0.15, -0.1) is 0 Å². The molecule has 3 aromatic rings. The van der Waals surface area contributed by atoms with E-state index in [0.29, 0.717) is 30.5 Å². The minimum atomic E-state index is -0.242. The second-order valence-electron chi connectivity index (χ2n) is 6.58. The monoisotopic (exact) mass is 379 g/mol. The van der Waals surface area contributed by atoms with Gasteiger partial charge in [0, 0.05) is 17.8 Å². The van der Waals surface area contributed by atoms with Gasteiger partial charge in [-0.1, -0.05) is 12.1 Å². The van der Waals surface area contributed by atoms with Crippen molar-refractivity contribution >= 4 is 5.82 Å². The van der Waals surface area contributed by atoms with E-state index in [2.05, 4.69) is 20.4 Å². The lowest BCUT2D eigenvalue weighted by Crippen LogP contribution is -2.37. The molecule has 0 radical (unpaired) electrons. The van der Waals surface area contributed by atoms with Crippen molar-refractivity contribution in [1.82, 2.24) is 19.7 Å². The van der Waals surface area contributed by atoms with Crippen LogP contribution in [0.15, 0.2) is 53.5 Å². The van der Waals surface area contributed by atoms with Gasteiger partial charge in [0.2, 0.25) is 0 Å². The van der Waals surface area contributed by atoms with Crippen molar-refractivity contribution in [1.29, 1.82) is 0 Å². The highest BCUT2D eigenvalue weighted by Gasteiger charge is 2.31. The molecular weight excluding hydrogens is 358 g/mol. The van der Waals surface area contributed by atoms with Gasteiger partial charge in [-0.25, -0.2) is 14.6 Å². The molecule has 28 heavy (non-hydrogen) atoms. The molecule has 2 unspecified atom stereocenters. The molecule has 0 spiro atoms. The fourth-order valence-corrected chi connectivity index (χ4v) is 3.25. The highest BCUT2D eigenvalue weighted by atomic mass is 16.5. The maximum absolute atomic E-state index is 12.5. The van der Waals surface area contributed by atoms with Crippen LogP contribution in [0.2, 0.25) is 0 Å². The van der Waals surface area contributed by atoms with Gasteiger partial charge in [0.25, 0.3) is 5.56 Å². The third-order valence-corrected chi connectivity index (χ3v) is 4.66. The molecule has 0 amide bonds. The van der Waals surface area contributed by atoms with Gasteiger partial charge in [0.1, 0.15) is 23.4 Å². The summed E-state index contributed by atoms with van der Waals surface area (Å²) >= 11 is 0. The first-order valence-electron chi connectivity index (χ1n) is 9.02. The Bertz CT molecular complexity index is 1040. The Hall–Kier alpha value is -3.26. The van der Waals surface area contributed by atoms with Crippen LogP contribution in [-0.4, -0.2) is 46.1 Å². The normalized spacial score (nSPS) is 18.8. The molecule has 144 valence electrons. The van der Waals surface area contributed by atoms with Crippen molar-refractivity contribution in [3.63, 3.8) is 0 Å². The predicted molar refractivity (Wildman–Crippen MR) is 105 cm³/mol. The maximum atomic E-state index is 12.5. The number of benzene rings is 1. The van der Waals surface area contributed by atoms with Crippen LogP contribution in [0.1, 0.15) is 11.9 Å². The smallest absolute Gasteiger partial charge is 0.267 e. The molecule has 1 aromatic carbocycles. The number of rotatable bonds is 5. The highest BCUT2D eigenvalue weighted by Crippen LogP contribution is 2.24. The van der Waals surface area contributed by atoms with Gasteiger partial charge >= 0.3 is 0 Å². The number of nitrogens with zero attached hydrogens (tertiary/aromatic N) is 4. The fourth-order valence-electron chi connectivity index (χ4n) is 3.25. The van der Waals surface area contributed by atoms with Crippen molar-refractivity contribution in [2.45, 2.75) is 19.0 Å². The number of hydrogen-bond acceptors (Lipinski definition) is 7. The predicted octanol–water partition coefficient (Wildman–Crippen LogP) is 2.07. The van der Waals surface area contributed by atoms with Gasteiger partial charge < -0.3 is 14.8 Å². The first-order valence-corrected chi connectivity index (χ1v) is 9.02. The minimum Gasteiger partial charge on any atom is -0.497 e. The van der Waals surface area contributed by atoms with E-state index >= 15 is 0 Å². The zero-order chi connectivity index (χ0) is 19.5. The number of aromatic nitrogens is 4. The van der Waals surface area contributed by atoms with Gasteiger partial charge in [-0.05, 0) is 31.2 Å². The fraction of sp³-hybridized carbons (Fsp3) is 0.300. The number of aryl methyl sites for hydroxylation is 1. The molecule has 1 saturated heterocycles. The standard InChI is InChI=1S/C20H21N5O3/c1-13-21-9-8-19(22-13)23-17-11-28-12-18(17)25-20(26)7-6-16(24-25)14-4-3-5-15(10-14)27-2/h3-10,17-18H,11-12H2,1-2H3,(H,21,22,23). The maximum Gasteiger partial charge on any atom is 0.267 e. The summed E-state index contributed by atoms with van der Waals surface area (Å²) in [6.45, 7) is 2.69. The van der Waals surface area contributed by atoms with Crippen molar-refractivity contribution in [2.75, 3.05) is 25.6 Å². The molecule has 4 rings (SSSR count). The Morgan fingerprint density at radius 2 is 2.11 bits per heavy atom. The number of methoxy groups -OCH3 is 1. The molecule has 2 atom stereocenters. The summed E-state index contributed by atoms with van der Waals surface area (Å²) < 4.78 is 12.4. The summed E-state index contributed by atoms with van der Waals surface area (Å²) in [5.74, 6) is 2.11. The first kappa shape index (κ1) is 18.1. The van der Waals surface area contributed by atoms with E-state index in [1.165, 1.54) is 10.7 Å². The molecule has 8 heteroatoms. The summed E-state index contributed by atoms with van der Waals surface area (Å²) in [5, 5.41) is 7.94. The molecule has 8 nitrogen and oxygen atoms in total. The zero-order valence-electron chi connectivity index (χ0n) is 15.7. The van der Waals surface area contributed by atoms with Gasteiger partial charge in [0.15, 0.2) is 0 Å². The van der Waals surface area contributed by atoms with Crippen molar-refractivity contribution in [3.8, 4) is 17.0 Å². The van der Waals surface area contributed by atoms with Crippen LogP contribution in [-0.2, 0) is 4.74 Å². The summed E-state index contributed by atoms with van der Waals surface area (Å²) in [7, 11) is 1.62. The third kappa shape index (κ3) is 3.72. The third-order valence-electron chi connectivity index (χ3n) is 4.66. The van der Waals surface area contributed by atoms with Crippen LogP contribution < -0.4 is 15.6 Å². The Labute approximate surface area is 162 Å². The van der Waals surface area contributed by atoms with E-state index in [0.717, 1.165) is 11.3 Å². The summed E-state index contributed by atoms with van der Waals surface area (Å²) in [5.41, 5.74) is 1.40. The largest absolute Gasteiger partial charge is 0.497 e. The first-order chi connectivity index (χ1) is 13.6. The summed E-state index contributed by atoms with van der Waals surface area (Å²) in [6.07, 6.45) is 1.70. The second-order valence-corrected chi connectivity index (χ2v) is 6.58. The van der Waals surface area contributed by atoms with E-state index in [-0.39, 0.29) is 17.6 Å². The molecule has 0 aliphatic carbocycles. The van der Waals surface area contributed by atoms with E-state index in [9.17, 15) is 4.79 Å². The average Bonchev–Trinajstić information content (AvgIpc) is 3.16. The molecule has 0 bridgehead atoms. The van der Waals surface area contributed by atoms with Crippen LogP contribution in [0.4, 0.5) is 5.82 Å².